The smallest absolute Gasteiger partial charge is 0.261 e. The molecule has 146 valence electrons. The zero-order chi connectivity index (χ0) is 20.0. The molecule has 29 heavy (non-hydrogen) atoms. The fourth-order valence-corrected chi connectivity index (χ4v) is 4.37. The molecule has 0 bridgehead atoms. The van der Waals surface area contributed by atoms with Crippen LogP contribution in [0.3, 0.4) is 0 Å². The highest BCUT2D eigenvalue weighted by molar-refractivity contribution is 6.31. The van der Waals surface area contributed by atoms with E-state index in [9.17, 15) is 9.59 Å². The number of fused-ring (bicyclic) bond motifs is 2. The third-order valence-electron chi connectivity index (χ3n) is 5.80. The predicted molar refractivity (Wildman–Crippen MR) is 114 cm³/mol. The number of nitrogens with one attached hydrogen (secondary N) is 1. The van der Waals surface area contributed by atoms with E-state index in [0.717, 1.165) is 35.4 Å². The monoisotopic (exact) mass is 405 g/mol. The molecule has 0 unspecified atom stereocenters. The summed E-state index contributed by atoms with van der Waals surface area (Å²) in [5.41, 5.74) is 4.60. The van der Waals surface area contributed by atoms with Crippen molar-refractivity contribution >= 4 is 39.9 Å². The number of imide groups is 1. The third-order valence-corrected chi connectivity index (χ3v) is 6.04. The fourth-order valence-electron chi connectivity index (χ4n) is 4.20. The van der Waals surface area contributed by atoms with Gasteiger partial charge in [-0.1, -0.05) is 29.8 Å². The molecular formula is C23H20ClN3O2. The number of amides is 2. The van der Waals surface area contributed by atoms with E-state index in [1.807, 2.05) is 24.4 Å². The fraction of sp³-hybridized carbons (Fsp3) is 0.217. The molecule has 0 aliphatic carbocycles. The van der Waals surface area contributed by atoms with E-state index in [1.165, 1.54) is 16.0 Å². The number of carbonyl (C=O) groups excluding carboxylic acids is 2. The van der Waals surface area contributed by atoms with Crippen LogP contribution < -0.4 is 0 Å². The summed E-state index contributed by atoms with van der Waals surface area (Å²) in [5, 5.41) is 1.88. The van der Waals surface area contributed by atoms with E-state index in [2.05, 4.69) is 16.0 Å². The number of aromatic amines is 1. The molecule has 2 aliphatic heterocycles. The van der Waals surface area contributed by atoms with E-state index < -0.39 is 0 Å². The molecule has 1 N–H and O–H groups in total. The lowest BCUT2D eigenvalue weighted by molar-refractivity contribution is 0.0638. The molecule has 5 nitrogen and oxygen atoms in total. The van der Waals surface area contributed by atoms with Crippen molar-refractivity contribution in [3.05, 3.63) is 76.5 Å². The molecule has 3 aromatic rings. The van der Waals surface area contributed by atoms with Gasteiger partial charge >= 0.3 is 0 Å². The van der Waals surface area contributed by atoms with Gasteiger partial charge in [0, 0.05) is 53.9 Å². The van der Waals surface area contributed by atoms with Crippen LogP contribution in [0.2, 0.25) is 5.02 Å². The van der Waals surface area contributed by atoms with E-state index in [0.29, 0.717) is 24.2 Å². The summed E-state index contributed by atoms with van der Waals surface area (Å²) in [5.74, 6) is -0.371. The van der Waals surface area contributed by atoms with Crippen LogP contribution in [-0.2, 0) is 0 Å². The normalized spacial score (nSPS) is 17.1. The van der Waals surface area contributed by atoms with Gasteiger partial charge < -0.3 is 4.98 Å². The van der Waals surface area contributed by atoms with Crippen LogP contribution in [0.4, 0.5) is 0 Å². The number of benzene rings is 2. The Morgan fingerprint density at radius 1 is 0.966 bits per heavy atom. The number of rotatable bonds is 4. The van der Waals surface area contributed by atoms with Gasteiger partial charge in [-0.15, -0.1) is 0 Å². The van der Waals surface area contributed by atoms with Gasteiger partial charge in [-0.3, -0.25) is 19.4 Å². The molecule has 5 rings (SSSR count). The Bertz CT molecular complexity index is 1130. The topological polar surface area (TPSA) is 56.4 Å². The second kappa shape index (κ2) is 7.17. The van der Waals surface area contributed by atoms with Crippen molar-refractivity contribution in [3.63, 3.8) is 0 Å². The van der Waals surface area contributed by atoms with Crippen molar-refractivity contribution in [2.75, 3.05) is 26.2 Å². The van der Waals surface area contributed by atoms with Crippen LogP contribution >= 0.6 is 11.6 Å². The third kappa shape index (κ3) is 3.16. The summed E-state index contributed by atoms with van der Waals surface area (Å²) >= 11 is 6.17. The molecule has 0 atom stereocenters. The first-order chi connectivity index (χ1) is 14.1. The first-order valence-corrected chi connectivity index (χ1v) is 10.1. The van der Waals surface area contributed by atoms with E-state index in [1.54, 1.807) is 24.3 Å². The van der Waals surface area contributed by atoms with Gasteiger partial charge in [-0.25, -0.2) is 0 Å². The highest BCUT2D eigenvalue weighted by Gasteiger charge is 2.35. The lowest BCUT2D eigenvalue weighted by Crippen LogP contribution is -2.39. The number of nitrogens with zero attached hydrogens (tertiary/aromatic N) is 2. The number of H-pyrrole nitrogens is 1. The van der Waals surface area contributed by atoms with Crippen molar-refractivity contribution in [2.24, 2.45) is 0 Å². The number of carbonyl (C=O) groups is 2. The maximum Gasteiger partial charge on any atom is 0.261 e. The van der Waals surface area contributed by atoms with E-state index in [-0.39, 0.29) is 11.8 Å². The zero-order valence-electron chi connectivity index (χ0n) is 15.8. The van der Waals surface area contributed by atoms with Crippen LogP contribution in [0.5, 0.6) is 0 Å². The van der Waals surface area contributed by atoms with Crippen LogP contribution in [0.25, 0.3) is 16.5 Å². The van der Waals surface area contributed by atoms with Gasteiger partial charge in [0.1, 0.15) is 0 Å². The molecule has 0 saturated carbocycles. The summed E-state index contributed by atoms with van der Waals surface area (Å²) in [6, 6.07) is 12.9. The van der Waals surface area contributed by atoms with Crippen molar-refractivity contribution in [1.29, 1.82) is 0 Å². The van der Waals surface area contributed by atoms with E-state index in [4.69, 9.17) is 11.6 Å². The summed E-state index contributed by atoms with van der Waals surface area (Å²) in [4.78, 5) is 31.9. The molecule has 2 amide bonds. The molecule has 2 aromatic carbocycles. The number of hydrogen-bond acceptors (Lipinski definition) is 3. The summed E-state index contributed by atoms with van der Waals surface area (Å²) in [7, 11) is 0. The van der Waals surface area contributed by atoms with Crippen molar-refractivity contribution in [2.45, 2.75) is 6.42 Å². The first kappa shape index (κ1) is 18.2. The maximum absolute atomic E-state index is 12.5. The molecule has 0 radical (unpaired) electrons. The van der Waals surface area contributed by atoms with Gasteiger partial charge in [0.25, 0.3) is 11.8 Å². The Morgan fingerprint density at radius 3 is 2.41 bits per heavy atom. The maximum atomic E-state index is 12.5. The second-order valence-electron chi connectivity index (χ2n) is 7.48. The minimum absolute atomic E-state index is 0.186. The lowest BCUT2D eigenvalue weighted by Gasteiger charge is -2.27. The standard InChI is InChI=1S/C23H20ClN3O2/c24-16-5-6-21-19(13-16)20(14-25-21)15-7-9-26(10-8-15)11-12-27-22(28)17-3-1-2-4-18(17)23(27)29/h1-7,13-14,25H,8-12H2. The molecule has 6 heteroatoms. The minimum atomic E-state index is -0.186. The summed E-state index contributed by atoms with van der Waals surface area (Å²) < 4.78 is 0. The largest absolute Gasteiger partial charge is 0.361 e. The van der Waals surface area contributed by atoms with Crippen LogP contribution in [0.1, 0.15) is 32.7 Å². The number of halogens is 1. The zero-order valence-corrected chi connectivity index (χ0v) is 16.6. The quantitative estimate of drug-likeness (QED) is 0.661. The second-order valence-corrected chi connectivity index (χ2v) is 7.92. The average Bonchev–Trinajstić information content (AvgIpc) is 3.26. The summed E-state index contributed by atoms with van der Waals surface area (Å²) in [6.07, 6.45) is 5.19. The van der Waals surface area contributed by atoms with Gasteiger partial charge in [-0.05, 0) is 42.3 Å². The van der Waals surface area contributed by atoms with Crippen LogP contribution in [0, 0.1) is 0 Å². The highest BCUT2D eigenvalue weighted by Crippen LogP contribution is 2.31. The molecule has 2 aliphatic rings. The Kier molecular flexibility index (Phi) is 4.49. The van der Waals surface area contributed by atoms with Gasteiger partial charge in [0.15, 0.2) is 0 Å². The Hall–Kier alpha value is -2.89. The molecule has 1 aromatic heterocycles. The average molecular weight is 406 g/mol. The van der Waals surface area contributed by atoms with Crippen LogP contribution in [-0.4, -0.2) is 52.8 Å². The summed E-state index contributed by atoms with van der Waals surface area (Å²) in [6.45, 7) is 2.78. The van der Waals surface area contributed by atoms with Gasteiger partial charge in [0.2, 0.25) is 0 Å². The molecule has 0 fully saturated rings. The number of aromatic nitrogens is 1. The Balaban J connectivity index is 1.25. The molecular weight excluding hydrogens is 386 g/mol. The Labute approximate surface area is 173 Å². The SMILES string of the molecule is O=C1c2ccccc2C(=O)N1CCN1CC=C(c2c[nH]c3ccc(Cl)cc23)CC1. The molecule has 0 saturated heterocycles. The Morgan fingerprint density at radius 2 is 1.72 bits per heavy atom. The van der Waals surface area contributed by atoms with Crippen molar-refractivity contribution in [1.82, 2.24) is 14.8 Å². The minimum Gasteiger partial charge on any atom is -0.361 e. The molecule has 3 heterocycles. The molecule has 0 spiro atoms. The van der Waals surface area contributed by atoms with Gasteiger partial charge in [0.05, 0.1) is 11.1 Å². The van der Waals surface area contributed by atoms with E-state index >= 15 is 0 Å². The number of hydrogen-bond donors (Lipinski definition) is 1. The van der Waals surface area contributed by atoms with Gasteiger partial charge in [-0.2, -0.15) is 0 Å². The van der Waals surface area contributed by atoms with Crippen molar-refractivity contribution < 1.29 is 9.59 Å². The lowest BCUT2D eigenvalue weighted by atomic mass is 9.99. The van der Waals surface area contributed by atoms with Crippen molar-refractivity contribution in [3.8, 4) is 0 Å². The first-order valence-electron chi connectivity index (χ1n) is 9.75. The van der Waals surface area contributed by atoms with Crippen LogP contribution in [0.15, 0.2) is 54.7 Å². The predicted octanol–water partition coefficient (Wildman–Crippen LogP) is 4.21. The highest BCUT2D eigenvalue weighted by atomic mass is 35.5.